The molecule has 0 aromatic heterocycles. The molecular formula is C21H48O4Si2. The first-order valence-corrected chi connectivity index (χ1v) is 15.7. The van der Waals surface area contributed by atoms with Crippen LogP contribution in [0.2, 0.25) is 24.2 Å². The predicted molar refractivity (Wildman–Crippen MR) is 121 cm³/mol. The van der Waals surface area contributed by atoms with Crippen molar-refractivity contribution >= 4 is 17.1 Å². The molecule has 0 amide bonds. The lowest BCUT2D eigenvalue weighted by molar-refractivity contribution is 0.237. The van der Waals surface area contributed by atoms with E-state index < -0.39 is 17.1 Å². The quantitative estimate of drug-likeness (QED) is 0.160. The molecule has 0 aliphatic heterocycles. The topological polar surface area (TPSA) is 36.9 Å². The summed E-state index contributed by atoms with van der Waals surface area (Å²) in [4.78, 5) is 0. The lowest BCUT2D eigenvalue weighted by Gasteiger charge is -2.28. The van der Waals surface area contributed by atoms with Gasteiger partial charge in [0.15, 0.2) is 0 Å². The van der Waals surface area contributed by atoms with Crippen molar-refractivity contribution in [3.05, 3.63) is 0 Å². The fourth-order valence-electron chi connectivity index (χ4n) is 3.84. The third-order valence-electron chi connectivity index (χ3n) is 5.93. The molecule has 0 spiro atoms. The molecule has 0 N–H and O–H groups in total. The molecule has 0 radical (unpaired) electrons. The highest BCUT2D eigenvalue weighted by molar-refractivity contribution is 6.67. The minimum atomic E-state index is -1.94. The molecular weight excluding hydrogens is 372 g/mol. The number of hydrogen-bond donors (Lipinski definition) is 0. The van der Waals surface area contributed by atoms with Crippen molar-refractivity contribution in [2.24, 2.45) is 0 Å². The van der Waals surface area contributed by atoms with E-state index in [1.807, 2.05) is 28.4 Å². The van der Waals surface area contributed by atoms with Gasteiger partial charge in [-0.25, -0.2) is 0 Å². The molecule has 0 aliphatic rings. The Hall–Kier alpha value is 0.274. The Morgan fingerprint density at radius 1 is 0.407 bits per heavy atom. The van der Waals surface area contributed by atoms with Crippen molar-refractivity contribution < 1.29 is 17.7 Å². The van der Waals surface area contributed by atoms with E-state index in [9.17, 15) is 0 Å². The second kappa shape index (κ2) is 17.2. The Kier molecular flexibility index (Phi) is 17.3. The summed E-state index contributed by atoms with van der Waals surface area (Å²) in [6, 6.07) is 4.55. The van der Waals surface area contributed by atoms with E-state index in [1.54, 1.807) is 0 Å². The molecule has 164 valence electrons. The van der Waals surface area contributed by atoms with E-state index >= 15 is 0 Å². The van der Waals surface area contributed by atoms with Crippen molar-refractivity contribution in [3.63, 3.8) is 0 Å². The average molecular weight is 421 g/mol. The van der Waals surface area contributed by atoms with Crippen LogP contribution in [-0.2, 0) is 17.7 Å². The molecule has 0 aromatic rings. The van der Waals surface area contributed by atoms with E-state index in [-0.39, 0.29) is 0 Å². The van der Waals surface area contributed by atoms with Crippen molar-refractivity contribution in [3.8, 4) is 0 Å². The highest BCUT2D eigenvalue weighted by atomic mass is 28.4. The molecule has 4 nitrogen and oxygen atoms in total. The average Bonchev–Trinajstić information content (AvgIpc) is 2.71. The van der Waals surface area contributed by atoms with Gasteiger partial charge in [-0.05, 0) is 24.2 Å². The van der Waals surface area contributed by atoms with Gasteiger partial charge in [0.2, 0.25) is 0 Å². The number of unbranched alkanes of at least 4 members (excludes halogenated alkanes) is 8. The molecule has 0 heterocycles. The highest BCUT2D eigenvalue weighted by Gasteiger charge is 2.35. The van der Waals surface area contributed by atoms with Gasteiger partial charge in [0.25, 0.3) is 0 Å². The minimum absolute atomic E-state index is 1.13. The van der Waals surface area contributed by atoms with Gasteiger partial charge in [-0.3, -0.25) is 0 Å². The highest BCUT2D eigenvalue weighted by Crippen LogP contribution is 2.26. The van der Waals surface area contributed by atoms with Crippen LogP contribution in [0.15, 0.2) is 0 Å². The minimum Gasteiger partial charge on any atom is -0.398 e. The maximum Gasteiger partial charge on any atom is 0.337 e. The normalized spacial score (nSPS) is 12.7. The van der Waals surface area contributed by atoms with Crippen LogP contribution in [0.25, 0.3) is 0 Å². The van der Waals surface area contributed by atoms with E-state index in [0.29, 0.717) is 0 Å². The fraction of sp³-hybridized carbons (Fsp3) is 1.00. The van der Waals surface area contributed by atoms with Gasteiger partial charge in [0.05, 0.1) is 0 Å². The van der Waals surface area contributed by atoms with Crippen LogP contribution in [0.4, 0.5) is 0 Å². The lowest BCUT2D eigenvalue weighted by Crippen LogP contribution is -2.39. The molecule has 0 rings (SSSR count). The zero-order valence-corrected chi connectivity index (χ0v) is 21.2. The Labute approximate surface area is 172 Å². The molecule has 0 bridgehead atoms. The van der Waals surface area contributed by atoms with Gasteiger partial charge in [-0.1, -0.05) is 84.5 Å². The first kappa shape index (κ1) is 27.3. The summed E-state index contributed by atoms with van der Waals surface area (Å²) in [5.74, 6) is 0. The fourth-order valence-corrected chi connectivity index (χ4v) is 9.46. The third-order valence-corrected chi connectivity index (χ3v) is 13.4. The second-order valence-corrected chi connectivity index (χ2v) is 15.1. The molecule has 0 saturated carbocycles. The summed E-state index contributed by atoms with van der Waals surface area (Å²) in [7, 11) is 3.50. The van der Waals surface area contributed by atoms with Gasteiger partial charge in [0.1, 0.15) is 0 Å². The Balaban J connectivity index is 4.04. The Morgan fingerprint density at radius 3 is 0.926 bits per heavy atom. The molecule has 0 fully saturated rings. The van der Waals surface area contributed by atoms with Gasteiger partial charge < -0.3 is 17.7 Å². The largest absolute Gasteiger partial charge is 0.398 e. The molecule has 0 aromatic carbocycles. The maximum absolute atomic E-state index is 5.87. The van der Waals surface area contributed by atoms with Crippen LogP contribution < -0.4 is 0 Å². The summed E-state index contributed by atoms with van der Waals surface area (Å²) < 4.78 is 23.5. The first-order chi connectivity index (χ1) is 13.1. The third kappa shape index (κ3) is 11.8. The monoisotopic (exact) mass is 420 g/mol. The predicted octanol–water partition coefficient (Wildman–Crippen LogP) is 6.79. The summed E-state index contributed by atoms with van der Waals surface area (Å²) in [5.41, 5.74) is 0. The van der Waals surface area contributed by atoms with E-state index in [2.05, 4.69) is 13.8 Å². The van der Waals surface area contributed by atoms with Crippen molar-refractivity contribution in [1.82, 2.24) is 0 Å². The van der Waals surface area contributed by atoms with Gasteiger partial charge in [0, 0.05) is 28.4 Å². The molecule has 0 atom stereocenters. The van der Waals surface area contributed by atoms with Crippen molar-refractivity contribution in [2.75, 3.05) is 28.4 Å². The van der Waals surface area contributed by atoms with Crippen LogP contribution >= 0.6 is 0 Å². The second-order valence-electron chi connectivity index (χ2n) is 7.82. The molecule has 0 unspecified atom stereocenters. The van der Waals surface area contributed by atoms with Gasteiger partial charge >= 0.3 is 17.1 Å². The van der Waals surface area contributed by atoms with Crippen LogP contribution in [0.3, 0.4) is 0 Å². The number of hydrogen-bond acceptors (Lipinski definition) is 4. The van der Waals surface area contributed by atoms with Crippen LogP contribution in [0.5, 0.6) is 0 Å². The van der Waals surface area contributed by atoms with Crippen LogP contribution in [0, 0.1) is 0 Å². The molecule has 0 aliphatic carbocycles. The summed E-state index contributed by atoms with van der Waals surface area (Å²) in [5, 5.41) is 0. The first-order valence-electron chi connectivity index (χ1n) is 11.3. The molecule has 27 heavy (non-hydrogen) atoms. The smallest absolute Gasteiger partial charge is 0.337 e. The summed E-state index contributed by atoms with van der Waals surface area (Å²) in [6.45, 7) is 4.49. The van der Waals surface area contributed by atoms with Gasteiger partial charge in [-0.2, -0.15) is 0 Å². The van der Waals surface area contributed by atoms with E-state index in [0.717, 1.165) is 24.2 Å². The Bertz CT molecular complexity index is 291. The lowest BCUT2D eigenvalue weighted by atomic mass is 10.2. The SMILES string of the molecule is CCCCC[Si](CCCCCCC[Si](CCCCC)(OC)OC)(OC)OC. The Morgan fingerprint density at radius 2 is 0.667 bits per heavy atom. The molecule has 6 heteroatoms. The summed E-state index contributed by atoms with van der Waals surface area (Å²) in [6.07, 6.45) is 13.9. The van der Waals surface area contributed by atoms with Gasteiger partial charge in [-0.15, -0.1) is 0 Å². The zero-order chi connectivity index (χ0) is 20.4. The van der Waals surface area contributed by atoms with Crippen LogP contribution in [0.1, 0.15) is 84.5 Å². The number of rotatable bonds is 20. The standard InChI is InChI=1S/C21H48O4Si2/c1-7-9-14-18-26(22-3,23-4)20-16-12-11-13-17-21-27(24-5,25-6)19-15-10-8-2/h7-21H2,1-6H3. The van der Waals surface area contributed by atoms with Crippen molar-refractivity contribution in [1.29, 1.82) is 0 Å². The van der Waals surface area contributed by atoms with E-state index in [4.69, 9.17) is 17.7 Å². The van der Waals surface area contributed by atoms with Crippen molar-refractivity contribution in [2.45, 2.75) is 109 Å². The zero-order valence-electron chi connectivity index (χ0n) is 19.2. The molecule has 0 saturated heterocycles. The maximum atomic E-state index is 5.87. The summed E-state index contributed by atoms with van der Waals surface area (Å²) >= 11 is 0. The van der Waals surface area contributed by atoms with E-state index in [1.165, 1.54) is 70.6 Å². The van der Waals surface area contributed by atoms with Crippen LogP contribution in [-0.4, -0.2) is 45.6 Å².